The summed E-state index contributed by atoms with van der Waals surface area (Å²) >= 11 is 0. The molecule has 2 N–H and O–H groups in total. The van der Waals surface area contributed by atoms with E-state index in [1.807, 2.05) is 6.92 Å². The van der Waals surface area contributed by atoms with Crippen LogP contribution >= 0.6 is 0 Å². The predicted octanol–water partition coefficient (Wildman–Crippen LogP) is 2.82. The van der Waals surface area contributed by atoms with Gasteiger partial charge < -0.3 is 10.6 Å². The lowest BCUT2D eigenvalue weighted by Crippen LogP contribution is -2.15. The van der Waals surface area contributed by atoms with Crippen LogP contribution in [-0.4, -0.2) is 17.9 Å². The number of nitrogens with zero attached hydrogens (tertiary/aromatic N) is 1. The van der Waals surface area contributed by atoms with Gasteiger partial charge in [0.15, 0.2) is 0 Å². The van der Waals surface area contributed by atoms with Crippen LogP contribution in [0, 0.1) is 12.7 Å². The fraction of sp³-hybridized carbons (Fsp3) is 0.143. The SMILES string of the molecule is CNc1c(F)cccc1C(=O)Nc1cnccc1C. The lowest BCUT2D eigenvalue weighted by atomic mass is 10.1. The maximum absolute atomic E-state index is 13.6. The van der Waals surface area contributed by atoms with Crippen molar-refractivity contribution in [1.82, 2.24) is 4.98 Å². The summed E-state index contributed by atoms with van der Waals surface area (Å²) in [6, 6.07) is 6.16. The van der Waals surface area contributed by atoms with Crippen LogP contribution in [0.2, 0.25) is 0 Å². The van der Waals surface area contributed by atoms with Crippen LogP contribution in [0.5, 0.6) is 0 Å². The Kier molecular flexibility index (Phi) is 3.75. The van der Waals surface area contributed by atoms with Gasteiger partial charge in [-0.15, -0.1) is 0 Å². The monoisotopic (exact) mass is 259 g/mol. The number of pyridine rings is 1. The highest BCUT2D eigenvalue weighted by molar-refractivity contribution is 6.08. The van der Waals surface area contributed by atoms with Gasteiger partial charge in [0, 0.05) is 13.2 Å². The number of carbonyl (C=O) groups excluding carboxylic acids is 1. The number of anilines is 2. The highest BCUT2D eigenvalue weighted by atomic mass is 19.1. The molecule has 2 rings (SSSR count). The fourth-order valence-corrected chi connectivity index (χ4v) is 1.75. The number of aryl methyl sites for hydroxylation is 1. The van der Waals surface area contributed by atoms with Gasteiger partial charge in [0.25, 0.3) is 5.91 Å². The van der Waals surface area contributed by atoms with E-state index in [2.05, 4.69) is 15.6 Å². The second kappa shape index (κ2) is 5.48. The molecule has 0 bridgehead atoms. The van der Waals surface area contributed by atoms with E-state index >= 15 is 0 Å². The third kappa shape index (κ3) is 2.70. The lowest BCUT2D eigenvalue weighted by molar-refractivity contribution is 0.102. The van der Waals surface area contributed by atoms with Crippen molar-refractivity contribution in [2.45, 2.75) is 6.92 Å². The van der Waals surface area contributed by atoms with Gasteiger partial charge >= 0.3 is 0 Å². The van der Waals surface area contributed by atoms with E-state index in [4.69, 9.17) is 0 Å². The molecule has 0 aliphatic carbocycles. The molecule has 2 aromatic rings. The molecular weight excluding hydrogens is 245 g/mol. The quantitative estimate of drug-likeness (QED) is 0.891. The van der Waals surface area contributed by atoms with Gasteiger partial charge in [-0.05, 0) is 30.7 Å². The van der Waals surface area contributed by atoms with E-state index in [-0.39, 0.29) is 17.2 Å². The minimum absolute atomic E-state index is 0.182. The standard InChI is InChI=1S/C14H14FN3O/c1-9-6-7-17-8-12(9)18-14(19)10-4-3-5-11(15)13(10)16-2/h3-8,16H,1-2H3,(H,18,19). The molecule has 0 fully saturated rings. The van der Waals surface area contributed by atoms with Crippen LogP contribution < -0.4 is 10.6 Å². The summed E-state index contributed by atoms with van der Waals surface area (Å²) in [4.78, 5) is 16.1. The molecule has 0 radical (unpaired) electrons. The number of aromatic nitrogens is 1. The Morgan fingerprint density at radius 3 is 2.79 bits per heavy atom. The molecule has 4 nitrogen and oxygen atoms in total. The maximum Gasteiger partial charge on any atom is 0.257 e. The van der Waals surface area contributed by atoms with Gasteiger partial charge in [-0.3, -0.25) is 9.78 Å². The van der Waals surface area contributed by atoms with Crippen molar-refractivity contribution < 1.29 is 9.18 Å². The Labute approximate surface area is 110 Å². The molecule has 0 aliphatic rings. The second-order valence-corrected chi connectivity index (χ2v) is 4.06. The summed E-state index contributed by atoms with van der Waals surface area (Å²) < 4.78 is 13.6. The molecule has 19 heavy (non-hydrogen) atoms. The first-order chi connectivity index (χ1) is 9.13. The molecule has 5 heteroatoms. The summed E-state index contributed by atoms with van der Waals surface area (Å²) in [6.07, 6.45) is 3.21. The highest BCUT2D eigenvalue weighted by Gasteiger charge is 2.14. The Morgan fingerprint density at radius 1 is 1.32 bits per heavy atom. The van der Waals surface area contributed by atoms with Crippen molar-refractivity contribution in [2.24, 2.45) is 0 Å². The van der Waals surface area contributed by atoms with E-state index in [1.165, 1.54) is 12.1 Å². The molecule has 98 valence electrons. The Bertz CT molecular complexity index is 613. The second-order valence-electron chi connectivity index (χ2n) is 4.06. The average molecular weight is 259 g/mol. The third-order valence-electron chi connectivity index (χ3n) is 2.80. The van der Waals surface area contributed by atoms with Crippen LogP contribution in [0.3, 0.4) is 0 Å². The van der Waals surface area contributed by atoms with Crippen molar-refractivity contribution in [3.05, 3.63) is 53.6 Å². The number of rotatable bonds is 3. The topological polar surface area (TPSA) is 54.0 Å². The van der Waals surface area contributed by atoms with Crippen molar-refractivity contribution in [3.63, 3.8) is 0 Å². The summed E-state index contributed by atoms with van der Waals surface area (Å²) in [6.45, 7) is 1.86. The van der Waals surface area contributed by atoms with Gasteiger partial charge in [0.1, 0.15) is 5.82 Å². The Balaban J connectivity index is 2.31. The van der Waals surface area contributed by atoms with Crippen LogP contribution in [0.1, 0.15) is 15.9 Å². The largest absolute Gasteiger partial charge is 0.385 e. The van der Waals surface area contributed by atoms with Gasteiger partial charge in [0.05, 0.1) is 23.1 Å². The number of nitrogens with one attached hydrogen (secondary N) is 2. The molecule has 0 unspecified atom stereocenters. The normalized spacial score (nSPS) is 10.1. The van der Waals surface area contributed by atoms with Crippen LogP contribution in [-0.2, 0) is 0 Å². The van der Waals surface area contributed by atoms with Gasteiger partial charge in [-0.25, -0.2) is 4.39 Å². The van der Waals surface area contributed by atoms with E-state index in [0.29, 0.717) is 5.69 Å². The van der Waals surface area contributed by atoms with Gasteiger partial charge in [-0.1, -0.05) is 6.07 Å². The van der Waals surface area contributed by atoms with Gasteiger partial charge in [-0.2, -0.15) is 0 Å². The highest BCUT2D eigenvalue weighted by Crippen LogP contribution is 2.21. The number of benzene rings is 1. The van der Waals surface area contributed by atoms with E-state index in [1.54, 1.807) is 31.6 Å². The molecule has 0 atom stereocenters. The smallest absolute Gasteiger partial charge is 0.257 e. The first kappa shape index (κ1) is 13.0. The van der Waals surface area contributed by atoms with E-state index in [0.717, 1.165) is 5.56 Å². The van der Waals surface area contributed by atoms with Gasteiger partial charge in [0.2, 0.25) is 0 Å². The molecule has 1 aromatic heterocycles. The van der Waals surface area contributed by atoms with Crippen LogP contribution in [0.4, 0.5) is 15.8 Å². The first-order valence-electron chi connectivity index (χ1n) is 5.81. The number of halogens is 1. The minimum atomic E-state index is -0.460. The number of amides is 1. The Morgan fingerprint density at radius 2 is 2.11 bits per heavy atom. The third-order valence-corrected chi connectivity index (χ3v) is 2.80. The number of carbonyl (C=O) groups is 1. The van der Waals surface area contributed by atoms with Crippen LogP contribution in [0.15, 0.2) is 36.7 Å². The first-order valence-corrected chi connectivity index (χ1v) is 5.81. The molecule has 1 amide bonds. The molecule has 1 heterocycles. The summed E-state index contributed by atoms with van der Waals surface area (Å²) in [5.41, 5.74) is 1.94. The molecule has 0 saturated heterocycles. The van der Waals surface area contributed by atoms with Crippen molar-refractivity contribution in [2.75, 3.05) is 17.7 Å². The number of para-hydroxylation sites is 1. The van der Waals surface area contributed by atoms with Crippen molar-refractivity contribution >= 4 is 17.3 Å². The summed E-state index contributed by atoms with van der Waals surface area (Å²) in [5, 5.41) is 5.41. The summed E-state index contributed by atoms with van der Waals surface area (Å²) in [7, 11) is 1.57. The zero-order valence-corrected chi connectivity index (χ0v) is 10.7. The lowest BCUT2D eigenvalue weighted by Gasteiger charge is -2.11. The minimum Gasteiger partial charge on any atom is -0.385 e. The zero-order valence-electron chi connectivity index (χ0n) is 10.7. The van der Waals surface area contributed by atoms with Crippen molar-refractivity contribution in [1.29, 1.82) is 0 Å². The molecule has 0 saturated carbocycles. The van der Waals surface area contributed by atoms with Crippen molar-refractivity contribution in [3.8, 4) is 0 Å². The Hall–Kier alpha value is -2.43. The molecule has 1 aromatic carbocycles. The predicted molar refractivity (Wildman–Crippen MR) is 72.9 cm³/mol. The molecule has 0 spiro atoms. The average Bonchev–Trinajstić information content (AvgIpc) is 2.41. The fourth-order valence-electron chi connectivity index (χ4n) is 1.75. The molecule has 0 aliphatic heterocycles. The van der Waals surface area contributed by atoms with E-state index in [9.17, 15) is 9.18 Å². The molecular formula is C14H14FN3O. The van der Waals surface area contributed by atoms with Crippen LogP contribution in [0.25, 0.3) is 0 Å². The van der Waals surface area contributed by atoms with E-state index < -0.39 is 5.82 Å². The zero-order chi connectivity index (χ0) is 13.8. The number of hydrogen-bond donors (Lipinski definition) is 2. The summed E-state index contributed by atoms with van der Waals surface area (Å²) in [5.74, 6) is -0.835. The maximum atomic E-state index is 13.6. The number of hydrogen-bond acceptors (Lipinski definition) is 3.